The summed E-state index contributed by atoms with van der Waals surface area (Å²) < 4.78 is 0. The normalized spacial score (nSPS) is 20.5. The van der Waals surface area contributed by atoms with Crippen LogP contribution in [0, 0.1) is 5.92 Å². The van der Waals surface area contributed by atoms with E-state index in [1.54, 1.807) is 7.05 Å². The molecule has 0 amide bonds. The van der Waals surface area contributed by atoms with Crippen LogP contribution in [0.2, 0.25) is 0 Å². The first-order chi connectivity index (χ1) is 4.74. The molecule has 0 aromatic rings. The molecule has 0 unspecified atom stereocenters. The first-order valence-corrected chi connectivity index (χ1v) is 3.64. The summed E-state index contributed by atoms with van der Waals surface area (Å²) in [5.74, 6) is -0.0528. The maximum atomic E-state index is 10.4. The molecule has 1 aliphatic rings. The Morgan fingerprint density at radius 2 is 2.40 bits per heavy atom. The maximum Gasteiger partial charge on any atom is 0.320 e. The molecule has 0 heterocycles. The number of likely N-dealkylation sites (N-methyl/N-ethyl adjacent to an activating group) is 1. The standard InChI is InChI=1S/C7H13NO2/c1-8-6(7(9)10)4-5-2-3-5/h5-6,8H,2-4H2,1H3,(H,9,10)/t6-/m0/s1. The van der Waals surface area contributed by atoms with Gasteiger partial charge in [0.25, 0.3) is 0 Å². The molecule has 1 rings (SSSR count). The molecular formula is C7H13NO2. The van der Waals surface area contributed by atoms with E-state index in [2.05, 4.69) is 5.32 Å². The Hall–Kier alpha value is -0.570. The van der Waals surface area contributed by atoms with Crippen molar-refractivity contribution in [3.05, 3.63) is 0 Å². The van der Waals surface area contributed by atoms with E-state index in [0.29, 0.717) is 5.92 Å². The summed E-state index contributed by atoms with van der Waals surface area (Å²) in [4.78, 5) is 10.4. The molecule has 0 spiro atoms. The van der Waals surface area contributed by atoms with E-state index >= 15 is 0 Å². The highest BCUT2D eigenvalue weighted by atomic mass is 16.4. The van der Waals surface area contributed by atoms with Crippen LogP contribution in [-0.2, 0) is 4.79 Å². The molecule has 1 aliphatic carbocycles. The van der Waals surface area contributed by atoms with Gasteiger partial charge in [0.05, 0.1) is 0 Å². The van der Waals surface area contributed by atoms with Crippen LogP contribution in [-0.4, -0.2) is 24.2 Å². The second kappa shape index (κ2) is 3.01. The average molecular weight is 143 g/mol. The molecule has 1 saturated carbocycles. The minimum absolute atomic E-state index is 0.326. The van der Waals surface area contributed by atoms with Crippen molar-refractivity contribution >= 4 is 5.97 Å². The summed E-state index contributed by atoms with van der Waals surface area (Å²) in [6.45, 7) is 0. The molecular weight excluding hydrogens is 130 g/mol. The minimum Gasteiger partial charge on any atom is -0.480 e. The van der Waals surface area contributed by atoms with Crippen molar-refractivity contribution in [1.82, 2.24) is 5.32 Å². The summed E-state index contributed by atoms with van der Waals surface area (Å²) >= 11 is 0. The van der Waals surface area contributed by atoms with Crippen molar-refractivity contribution in [2.75, 3.05) is 7.05 Å². The van der Waals surface area contributed by atoms with Gasteiger partial charge in [-0.05, 0) is 19.4 Å². The summed E-state index contributed by atoms with van der Waals surface area (Å²) in [7, 11) is 1.70. The van der Waals surface area contributed by atoms with Gasteiger partial charge in [-0.1, -0.05) is 12.8 Å². The van der Waals surface area contributed by atoms with Gasteiger partial charge in [-0.2, -0.15) is 0 Å². The lowest BCUT2D eigenvalue weighted by Crippen LogP contribution is -2.34. The lowest BCUT2D eigenvalue weighted by molar-refractivity contribution is -0.139. The largest absolute Gasteiger partial charge is 0.480 e. The Labute approximate surface area is 60.4 Å². The van der Waals surface area contributed by atoms with Crippen molar-refractivity contribution in [2.45, 2.75) is 25.3 Å². The highest BCUT2D eigenvalue weighted by Gasteiger charge is 2.27. The van der Waals surface area contributed by atoms with Crippen LogP contribution in [0.5, 0.6) is 0 Å². The van der Waals surface area contributed by atoms with Gasteiger partial charge in [-0.15, -0.1) is 0 Å². The van der Waals surface area contributed by atoms with Gasteiger partial charge in [0.2, 0.25) is 0 Å². The highest BCUT2D eigenvalue weighted by molar-refractivity contribution is 5.73. The van der Waals surface area contributed by atoms with Gasteiger partial charge in [0, 0.05) is 0 Å². The molecule has 3 heteroatoms. The Kier molecular flexibility index (Phi) is 2.27. The Bertz CT molecular complexity index is 132. The van der Waals surface area contributed by atoms with Gasteiger partial charge in [0.1, 0.15) is 6.04 Å². The van der Waals surface area contributed by atoms with Gasteiger partial charge in [-0.3, -0.25) is 4.79 Å². The van der Waals surface area contributed by atoms with Crippen LogP contribution < -0.4 is 5.32 Å². The van der Waals surface area contributed by atoms with Gasteiger partial charge >= 0.3 is 5.97 Å². The minimum atomic E-state index is -0.727. The number of carboxylic acid groups (broad SMARTS) is 1. The van der Waals surface area contributed by atoms with Crippen LogP contribution >= 0.6 is 0 Å². The number of hydrogen-bond donors (Lipinski definition) is 2. The third-order valence-corrected chi connectivity index (χ3v) is 1.91. The van der Waals surface area contributed by atoms with Crippen LogP contribution in [0.4, 0.5) is 0 Å². The molecule has 0 bridgehead atoms. The first-order valence-electron chi connectivity index (χ1n) is 3.64. The van der Waals surface area contributed by atoms with Gasteiger partial charge in [0.15, 0.2) is 0 Å². The molecule has 10 heavy (non-hydrogen) atoms. The summed E-state index contributed by atoms with van der Waals surface area (Å²) in [5.41, 5.74) is 0. The zero-order valence-corrected chi connectivity index (χ0v) is 6.13. The number of nitrogens with one attached hydrogen (secondary N) is 1. The molecule has 0 aromatic heterocycles. The average Bonchev–Trinajstić information content (AvgIpc) is 2.64. The second-order valence-corrected chi connectivity index (χ2v) is 2.86. The maximum absolute atomic E-state index is 10.4. The fourth-order valence-electron chi connectivity index (χ4n) is 1.03. The lowest BCUT2D eigenvalue weighted by atomic mass is 10.1. The summed E-state index contributed by atoms with van der Waals surface area (Å²) in [5, 5.41) is 11.4. The fraction of sp³-hybridized carbons (Fsp3) is 0.857. The van der Waals surface area contributed by atoms with Crippen LogP contribution in [0.1, 0.15) is 19.3 Å². The zero-order valence-electron chi connectivity index (χ0n) is 6.13. The molecule has 0 saturated heterocycles. The van der Waals surface area contributed by atoms with E-state index in [1.165, 1.54) is 12.8 Å². The third kappa shape index (κ3) is 1.99. The molecule has 3 nitrogen and oxygen atoms in total. The topological polar surface area (TPSA) is 49.3 Å². The summed E-state index contributed by atoms with van der Waals surface area (Å²) in [6.07, 6.45) is 3.22. The lowest BCUT2D eigenvalue weighted by Gasteiger charge is -2.08. The zero-order chi connectivity index (χ0) is 7.56. The predicted molar refractivity (Wildman–Crippen MR) is 37.8 cm³/mol. The summed E-state index contributed by atoms with van der Waals surface area (Å²) in [6, 6.07) is -0.326. The monoisotopic (exact) mass is 143 g/mol. The Morgan fingerprint density at radius 1 is 1.80 bits per heavy atom. The van der Waals surface area contributed by atoms with E-state index in [9.17, 15) is 4.79 Å². The Morgan fingerprint density at radius 3 is 2.70 bits per heavy atom. The number of carboxylic acids is 1. The van der Waals surface area contributed by atoms with Gasteiger partial charge < -0.3 is 10.4 Å². The van der Waals surface area contributed by atoms with Gasteiger partial charge in [-0.25, -0.2) is 0 Å². The van der Waals surface area contributed by atoms with Crippen LogP contribution in [0.15, 0.2) is 0 Å². The van der Waals surface area contributed by atoms with Crippen molar-refractivity contribution in [1.29, 1.82) is 0 Å². The number of rotatable bonds is 4. The molecule has 0 aliphatic heterocycles. The van der Waals surface area contributed by atoms with Crippen molar-refractivity contribution in [3.63, 3.8) is 0 Å². The van der Waals surface area contributed by atoms with Crippen molar-refractivity contribution in [3.8, 4) is 0 Å². The smallest absolute Gasteiger partial charge is 0.320 e. The molecule has 58 valence electrons. The van der Waals surface area contributed by atoms with E-state index in [0.717, 1.165) is 6.42 Å². The third-order valence-electron chi connectivity index (χ3n) is 1.91. The van der Waals surface area contributed by atoms with E-state index < -0.39 is 5.97 Å². The SMILES string of the molecule is CN[C@@H](CC1CC1)C(=O)O. The quantitative estimate of drug-likeness (QED) is 0.601. The number of hydrogen-bond acceptors (Lipinski definition) is 2. The molecule has 0 aromatic carbocycles. The molecule has 1 atom stereocenters. The Balaban J connectivity index is 2.24. The molecule has 1 fully saturated rings. The molecule has 0 radical (unpaired) electrons. The van der Waals surface area contributed by atoms with Crippen molar-refractivity contribution < 1.29 is 9.90 Å². The number of carbonyl (C=O) groups is 1. The first kappa shape index (κ1) is 7.54. The van der Waals surface area contributed by atoms with E-state index in [1.807, 2.05) is 0 Å². The van der Waals surface area contributed by atoms with E-state index in [4.69, 9.17) is 5.11 Å². The molecule has 2 N–H and O–H groups in total. The predicted octanol–water partition coefficient (Wildman–Crippen LogP) is 0.459. The fourth-order valence-corrected chi connectivity index (χ4v) is 1.03. The highest BCUT2D eigenvalue weighted by Crippen LogP contribution is 2.33. The van der Waals surface area contributed by atoms with Crippen molar-refractivity contribution in [2.24, 2.45) is 5.92 Å². The van der Waals surface area contributed by atoms with E-state index in [-0.39, 0.29) is 6.04 Å². The van der Waals surface area contributed by atoms with Crippen LogP contribution in [0.25, 0.3) is 0 Å². The number of aliphatic carboxylic acids is 1. The second-order valence-electron chi connectivity index (χ2n) is 2.86. The van der Waals surface area contributed by atoms with Crippen LogP contribution in [0.3, 0.4) is 0 Å².